The first kappa shape index (κ1) is 17.7. The summed E-state index contributed by atoms with van der Waals surface area (Å²) in [4.78, 5) is 11.7. The molecule has 2 aromatic rings. The van der Waals surface area contributed by atoms with Gasteiger partial charge in [0.25, 0.3) is 0 Å². The second-order valence-corrected chi connectivity index (χ2v) is 6.71. The average Bonchev–Trinajstić information content (AvgIpc) is 2.61. The van der Waals surface area contributed by atoms with Crippen LogP contribution in [0.25, 0.3) is 11.1 Å². The van der Waals surface area contributed by atoms with Crippen molar-refractivity contribution in [1.82, 2.24) is 4.72 Å². The zero-order valence-electron chi connectivity index (χ0n) is 13.1. The molecule has 0 saturated carbocycles. The van der Waals surface area contributed by atoms with Gasteiger partial charge in [-0.2, -0.15) is 4.72 Å². The number of hydrogen-bond acceptors (Lipinski definition) is 4. The summed E-state index contributed by atoms with van der Waals surface area (Å²) in [5.41, 5.74) is 1.87. The maximum atomic E-state index is 12.4. The van der Waals surface area contributed by atoms with Crippen LogP contribution in [0.3, 0.4) is 0 Å². The lowest BCUT2D eigenvalue weighted by Crippen LogP contribution is -2.41. The van der Waals surface area contributed by atoms with Crippen molar-refractivity contribution in [2.24, 2.45) is 0 Å². The molecule has 2 rings (SSSR count). The lowest BCUT2D eigenvalue weighted by molar-refractivity contribution is -0.142. The Labute approximate surface area is 141 Å². The number of rotatable bonds is 6. The summed E-state index contributed by atoms with van der Waals surface area (Å²) in [7, 11) is -2.71. The molecule has 0 amide bonds. The van der Waals surface area contributed by atoms with Crippen LogP contribution in [0.2, 0.25) is 0 Å². The largest absolute Gasteiger partial charge is 0.468 e. The Balaban J connectivity index is 2.23. The van der Waals surface area contributed by atoms with E-state index in [1.165, 1.54) is 19.2 Å². The van der Waals surface area contributed by atoms with E-state index in [1.807, 2.05) is 30.3 Å². The Kier molecular flexibility index (Phi) is 5.74. The number of nitrogens with one attached hydrogen (secondary N) is 1. The van der Waals surface area contributed by atoms with Gasteiger partial charge in [-0.15, -0.1) is 12.3 Å². The van der Waals surface area contributed by atoms with Crippen molar-refractivity contribution in [2.45, 2.75) is 17.4 Å². The molecule has 24 heavy (non-hydrogen) atoms. The predicted octanol–water partition coefficient (Wildman–Crippen LogP) is 2.20. The molecule has 5 nitrogen and oxygen atoms in total. The van der Waals surface area contributed by atoms with Crippen LogP contribution >= 0.6 is 0 Å². The van der Waals surface area contributed by atoms with Gasteiger partial charge in [0.2, 0.25) is 10.0 Å². The highest BCUT2D eigenvalue weighted by Crippen LogP contribution is 2.21. The fourth-order valence-corrected chi connectivity index (χ4v) is 3.33. The molecule has 0 spiro atoms. The first-order valence-electron chi connectivity index (χ1n) is 7.17. The number of hydrogen-bond donors (Lipinski definition) is 1. The van der Waals surface area contributed by atoms with E-state index in [9.17, 15) is 13.2 Å². The minimum Gasteiger partial charge on any atom is -0.468 e. The van der Waals surface area contributed by atoms with E-state index < -0.39 is 22.0 Å². The third kappa shape index (κ3) is 4.22. The number of benzene rings is 2. The number of ether oxygens (including phenoxy) is 1. The summed E-state index contributed by atoms with van der Waals surface area (Å²) < 4.78 is 31.6. The monoisotopic (exact) mass is 343 g/mol. The lowest BCUT2D eigenvalue weighted by Gasteiger charge is -2.14. The molecule has 0 saturated heterocycles. The SMILES string of the molecule is C#CCC(NS(=O)(=O)c1ccc(-c2ccccc2)cc1)C(=O)OC. The van der Waals surface area contributed by atoms with Crippen molar-refractivity contribution in [1.29, 1.82) is 0 Å². The third-order valence-electron chi connectivity index (χ3n) is 3.38. The highest BCUT2D eigenvalue weighted by Gasteiger charge is 2.25. The Morgan fingerprint density at radius 3 is 2.25 bits per heavy atom. The molecule has 1 atom stereocenters. The van der Waals surface area contributed by atoms with Gasteiger partial charge in [0.15, 0.2) is 0 Å². The van der Waals surface area contributed by atoms with Crippen molar-refractivity contribution in [3.63, 3.8) is 0 Å². The predicted molar refractivity (Wildman–Crippen MR) is 91.5 cm³/mol. The quantitative estimate of drug-likeness (QED) is 0.645. The van der Waals surface area contributed by atoms with Gasteiger partial charge in [-0.1, -0.05) is 42.5 Å². The van der Waals surface area contributed by atoms with Gasteiger partial charge >= 0.3 is 5.97 Å². The summed E-state index contributed by atoms with van der Waals surface area (Å²) in [6.07, 6.45) is 5.08. The van der Waals surface area contributed by atoms with E-state index in [0.717, 1.165) is 11.1 Å². The molecule has 0 radical (unpaired) electrons. The van der Waals surface area contributed by atoms with Crippen molar-refractivity contribution in [3.8, 4) is 23.5 Å². The minimum absolute atomic E-state index is 0.0492. The highest BCUT2D eigenvalue weighted by atomic mass is 32.2. The van der Waals surface area contributed by atoms with Crippen LogP contribution in [0, 0.1) is 12.3 Å². The van der Waals surface area contributed by atoms with Crippen LogP contribution < -0.4 is 4.72 Å². The molecule has 0 bridgehead atoms. The van der Waals surface area contributed by atoms with Crippen molar-refractivity contribution >= 4 is 16.0 Å². The first-order valence-corrected chi connectivity index (χ1v) is 8.65. The van der Waals surface area contributed by atoms with Gasteiger partial charge in [-0.3, -0.25) is 4.79 Å². The number of sulfonamides is 1. The van der Waals surface area contributed by atoms with Crippen LogP contribution in [0.5, 0.6) is 0 Å². The van der Waals surface area contributed by atoms with Crippen molar-refractivity contribution in [3.05, 3.63) is 54.6 Å². The Morgan fingerprint density at radius 1 is 1.12 bits per heavy atom. The van der Waals surface area contributed by atoms with E-state index in [1.54, 1.807) is 12.1 Å². The van der Waals surface area contributed by atoms with Crippen LogP contribution in [-0.4, -0.2) is 27.5 Å². The van der Waals surface area contributed by atoms with E-state index >= 15 is 0 Å². The van der Waals surface area contributed by atoms with Crippen molar-refractivity contribution < 1.29 is 17.9 Å². The minimum atomic E-state index is -3.88. The highest BCUT2D eigenvalue weighted by molar-refractivity contribution is 7.89. The second-order valence-electron chi connectivity index (χ2n) is 5.00. The molecule has 0 fully saturated rings. The number of terminal acetylenes is 1. The van der Waals surface area contributed by atoms with Gasteiger partial charge in [-0.25, -0.2) is 8.42 Å². The van der Waals surface area contributed by atoms with Crippen molar-refractivity contribution in [2.75, 3.05) is 7.11 Å². The second kappa shape index (κ2) is 7.77. The molecule has 1 N–H and O–H groups in total. The molecule has 124 valence electrons. The summed E-state index contributed by atoms with van der Waals surface area (Å²) in [6, 6.07) is 14.8. The van der Waals surface area contributed by atoms with Gasteiger partial charge in [0.1, 0.15) is 6.04 Å². The van der Waals surface area contributed by atoms with Crippen LogP contribution in [0.15, 0.2) is 59.5 Å². The van der Waals surface area contributed by atoms with Gasteiger partial charge in [0.05, 0.1) is 12.0 Å². The fraction of sp³-hybridized carbons (Fsp3) is 0.167. The number of methoxy groups -OCH3 is 1. The van der Waals surface area contributed by atoms with Crippen LogP contribution in [0.4, 0.5) is 0 Å². The average molecular weight is 343 g/mol. The molecular weight excluding hydrogens is 326 g/mol. The van der Waals surface area contributed by atoms with Gasteiger partial charge < -0.3 is 4.74 Å². The van der Waals surface area contributed by atoms with Gasteiger partial charge in [-0.05, 0) is 23.3 Å². The van der Waals surface area contributed by atoms with Crippen LogP contribution in [0.1, 0.15) is 6.42 Å². The van der Waals surface area contributed by atoms with E-state index in [2.05, 4.69) is 15.4 Å². The van der Waals surface area contributed by atoms with E-state index in [0.29, 0.717) is 0 Å². The lowest BCUT2D eigenvalue weighted by atomic mass is 10.1. The van der Waals surface area contributed by atoms with Crippen LogP contribution in [-0.2, 0) is 19.6 Å². The molecule has 0 heterocycles. The maximum Gasteiger partial charge on any atom is 0.324 e. The molecule has 0 aliphatic carbocycles. The summed E-state index contributed by atoms with van der Waals surface area (Å²) in [5, 5.41) is 0. The van der Waals surface area contributed by atoms with Gasteiger partial charge in [0, 0.05) is 6.42 Å². The standard InChI is InChI=1S/C18H17NO4S/c1-3-7-17(18(20)23-2)19-24(21,22)16-12-10-15(11-13-16)14-8-5-4-6-9-14/h1,4-6,8-13,17,19H,7H2,2H3. The molecule has 2 aromatic carbocycles. The Bertz CT molecular complexity index is 837. The zero-order chi connectivity index (χ0) is 17.6. The molecule has 0 aliphatic rings. The normalized spacial score (nSPS) is 12.2. The zero-order valence-corrected chi connectivity index (χ0v) is 13.9. The first-order chi connectivity index (χ1) is 11.5. The number of esters is 1. The maximum absolute atomic E-state index is 12.4. The van der Waals surface area contributed by atoms with E-state index in [4.69, 9.17) is 6.42 Å². The summed E-state index contributed by atoms with van der Waals surface area (Å²) >= 11 is 0. The topological polar surface area (TPSA) is 72.5 Å². The molecular formula is C18H17NO4S. The molecule has 6 heteroatoms. The number of carbonyl (C=O) groups excluding carboxylic acids is 1. The smallest absolute Gasteiger partial charge is 0.324 e. The summed E-state index contributed by atoms with van der Waals surface area (Å²) in [5.74, 6) is 1.54. The number of carbonyl (C=O) groups is 1. The molecule has 0 aromatic heterocycles. The summed E-state index contributed by atoms with van der Waals surface area (Å²) in [6.45, 7) is 0. The molecule has 1 unspecified atom stereocenters. The Hall–Kier alpha value is -2.62. The third-order valence-corrected chi connectivity index (χ3v) is 4.86. The van der Waals surface area contributed by atoms with E-state index in [-0.39, 0.29) is 11.3 Å². The molecule has 0 aliphatic heterocycles. The Morgan fingerprint density at radius 2 is 1.71 bits per heavy atom. The fourth-order valence-electron chi connectivity index (χ4n) is 2.15.